The van der Waals surface area contributed by atoms with E-state index >= 15 is 0 Å². The average molecular weight is 574 g/mol. The summed E-state index contributed by atoms with van der Waals surface area (Å²) in [5, 5.41) is 10.7. The molecule has 0 unspecified atom stereocenters. The van der Waals surface area contributed by atoms with E-state index in [1.807, 2.05) is 60.7 Å². The molecular weight excluding hydrogens is 546 g/mol. The number of nitro benzene ring substituents is 1. The zero-order valence-electron chi connectivity index (χ0n) is 21.9. The first-order chi connectivity index (χ1) is 19.9. The summed E-state index contributed by atoms with van der Waals surface area (Å²) < 4.78 is 11.1. The molecule has 0 N–H and O–H groups in total. The number of ether oxygens (including phenoxy) is 2. The number of carbonyl (C=O) groups is 3. The van der Waals surface area contributed by atoms with Gasteiger partial charge < -0.3 is 14.4 Å². The van der Waals surface area contributed by atoms with Crippen LogP contribution in [-0.4, -0.2) is 62.7 Å². The Morgan fingerprint density at radius 1 is 0.951 bits per heavy atom. The highest BCUT2D eigenvalue weighted by Crippen LogP contribution is 2.45. The molecule has 10 nitrogen and oxygen atoms in total. The number of benzene rings is 3. The molecule has 0 radical (unpaired) electrons. The highest BCUT2D eigenvalue weighted by atomic mass is 32.2. The van der Waals surface area contributed by atoms with Gasteiger partial charge in [0.15, 0.2) is 0 Å². The van der Waals surface area contributed by atoms with E-state index in [2.05, 4.69) is 0 Å². The molecule has 11 heteroatoms. The van der Waals surface area contributed by atoms with Gasteiger partial charge >= 0.3 is 12.1 Å². The van der Waals surface area contributed by atoms with Crippen molar-refractivity contribution in [2.24, 2.45) is 0 Å². The van der Waals surface area contributed by atoms with E-state index < -0.39 is 29.1 Å². The Morgan fingerprint density at radius 3 is 2.32 bits per heavy atom. The average Bonchev–Trinajstić information content (AvgIpc) is 3.37. The van der Waals surface area contributed by atoms with Crippen LogP contribution in [0.15, 0.2) is 89.8 Å². The number of hydrogen-bond acceptors (Lipinski definition) is 8. The number of non-ortho nitro benzene ring substituents is 1. The van der Waals surface area contributed by atoms with Crippen molar-refractivity contribution in [1.82, 2.24) is 9.80 Å². The molecule has 2 amide bonds. The smallest absolute Gasteiger partial charge is 0.411 e. The molecule has 3 aromatic rings. The van der Waals surface area contributed by atoms with Crippen LogP contribution >= 0.6 is 11.8 Å². The summed E-state index contributed by atoms with van der Waals surface area (Å²) in [6.45, 7) is 0.0766. The molecule has 3 aromatic carbocycles. The number of β-lactam (4-membered cyclic amide) rings is 1. The van der Waals surface area contributed by atoms with Gasteiger partial charge in [-0.25, -0.2) is 9.59 Å². The van der Waals surface area contributed by atoms with Gasteiger partial charge in [0.05, 0.1) is 17.0 Å². The highest BCUT2D eigenvalue weighted by Gasteiger charge is 2.62. The second-order valence-corrected chi connectivity index (χ2v) is 11.5. The van der Waals surface area contributed by atoms with Crippen LogP contribution in [0.5, 0.6) is 0 Å². The zero-order valence-corrected chi connectivity index (χ0v) is 22.7. The Morgan fingerprint density at radius 2 is 1.63 bits per heavy atom. The summed E-state index contributed by atoms with van der Waals surface area (Å²) in [5.41, 5.74) is 1.43. The Hall–Kier alpha value is -4.38. The van der Waals surface area contributed by atoms with Crippen LogP contribution in [0.2, 0.25) is 0 Å². The number of hydrogen-bond donors (Lipinski definition) is 0. The van der Waals surface area contributed by atoms with Crippen molar-refractivity contribution in [1.29, 1.82) is 0 Å². The molecule has 5 atom stereocenters. The molecule has 6 rings (SSSR count). The van der Waals surface area contributed by atoms with Gasteiger partial charge in [0, 0.05) is 22.3 Å². The molecule has 0 saturated carbocycles. The number of fused-ring (bicyclic) bond motifs is 1. The van der Waals surface area contributed by atoms with Crippen molar-refractivity contribution in [3.8, 4) is 0 Å². The molecule has 210 valence electrons. The van der Waals surface area contributed by atoms with Crippen LogP contribution in [0.25, 0.3) is 0 Å². The van der Waals surface area contributed by atoms with E-state index in [4.69, 9.17) is 9.47 Å². The minimum absolute atomic E-state index is 0.0546. The molecule has 3 aliphatic rings. The third-order valence-electron chi connectivity index (χ3n) is 7.82. The number of carbonyl (C=O) groups excluding carboxylic acids is 3. The lowest BCUT2D eigenvalue weighted by Crippen LogP contribution is -2.77. The van der Waals surface area contributed by atoms with Gasteiger partial charge in [-0.3, -0.25) is 19.8 Å². The van der Waals surface area contributed by atoms with Crippen molar-refractivity contribution in [2.75, 3.05) is 6.61 Å². The topological polar surface area (TPSA) is 119 Å². The summed E-state index contributed by atoms with van der Waals surface area (Å²) in [5.74, 6) is -0.845. The zero-order chi connectivity index (χ0) is 28.5. The Balaban J connectivity index is 1.23. The molecule has 0 aromatic heterocycles. The second kappa shape index (κ2) is 11.2. The van der Waals surface area contributed by atoms with Crippen LogP contribution in [0.3, 0.4) is 0 Å². The first-order valence-electron chi connectivity index (χ1n) is 13.4. The van der Waals surface area contributed by atoms with Crippen LogP contribution in [-0.2, 0) is 25.7 Å². The maximum atomic E-state index is 13.8. The fourth-order valence-electron chi connectivity index (χ4n) is 5.86. The van der Waals surface area contributed by atoms with Crippen LogP contribution in [0.1, 0.15) is 30.0 Å². The van der Waals surface area contributed by atoms with Gasteiger partial charge in [-0.05, 0) is 48.2 Å². The standard InChI is InChI=1S/C30H27N3O7S/c34-28-26(32-24(18-40-30(32)36)20-7-3-1-4-8-20)23-15-16-25(41-22-9-5-2-6-10-22)27(31(23)28)29(35)39-17-19-11-13-21(14-12-19)33(37)38/h1-14,23-27H,15-18H2/t23-,24-,25-,26+,27-/m1/s1. The van der Waals surface area contributed by atoms with Crippen LogP contribution in [0, 0.1) is 10.1 Å². The molecule has 41 heavy (non-hydrogen) atoms. The normalized spacial score (nSPS) is 25.2. The molecule has 0 bridgehead atoms. The van der Waals surface area contributed by atoms with Gasteiger partial charge in [0.2, 0.25) is 5.91 Å². The molecular formula is C30H27N3O7S. The number of esters is 1. The van der Waals surface area contributed by atoms with E-state index in [0.29, 0.717) is 18.4 Å². The van der Waals surface area contributed by atoms with Gasteiger partial charge in [0.1, 0.15) is 25.3 Å². The fourth-order valence-corrected chi connectivity index (χ4v) is 7.14. The van der Waals surface area contributed by atoms with Crippen molar-refractivity contribution in [3.63, 3.8) is 0 Å². The van der Waals surface area contributed by atoms with Crippen molar-refractivity contribution < 1.29 is 28.8 Å². The number of thioether (sulfide) groups is 1. The molecule has 3 fully saturated rings. The van der Waals surface area contributed by atoms with Gasteiger partial charge in [-0.2, -0.15) is 0 Å². The van der Waals surface area contributed by atoms with Crippen molar-refractivity contribution in [3.05, 3.63) is 106 Å². The van der Waals surface area contributed by atoms with Gasteiger partial charge in [0.25, 0.3) is 5.69 Å². The number of rotatable bonds is 8. The quantitative estimate of drug-likeness (QED) is 0.164. The number of nitro groups is 1. The molecule has 3 saturated heterocycles. The minimum atomic E-state index is -0.852. The van der Waals surface area contributed by atoms with E-state index in [0.717, 1.165) is 10.5 Å². The van der Waals surface area contributed by atoms with Crippen molar-refractivity contribution >= 4 is 35.4 Å². The van der Waals surface area contributed by atoms with Gasteiger partial charge in [-0.15, -0.1) is 11.8 Å². The molecule has 0 spiro atoms. The summed E-state index contributed by atoms with van der Waals surface area (Å²) in [7, 11) is 0. The Labute approximate surface area is 240 Å². The maximum absolute atomic E-state index is 13.8. The third kappa shape index (κ3) is 5.13. The SMILES string of the molecule is O=C(OCc1ccc([N+](=O)[O-])cc1)[C@H]1[C@H](Sc2ccccc2)CC[C@@H]2[C@H](N3C(=O)OC[C@@H]3c3ccccc3)C(=O)N21. The number of amides is 2. The molecule has 0 aliphatic carbocycles. The van der Waals surface area contributed by atoms with Gasteiger partial charge in [-0.1, -0.05) is 48.5 Å². The van der Waals surface area contributed by atoms with E-state index in [9.17, 15) is 24.5 Å². The summed E-state index contributed by atoms with van der Waals surface area (Å²) in [6, 6.07) is 22.6. The number of piperidine rings is 1. The van der Waals surface area contributed by atoms with Crippen LogP contribution in [0.4, 0.5) is 10.5 Å². The summed E-state index contributed by atoms with van der Waals surface area (Å²) in [6.07, 6.45) is 0.730. The molecule has 3 aliphatic heterocycles. The number of nitrogens with zero attached hydrogens (tertiary/aromatic N) is 3. The van der Waals surface area contributed by atoms with E-state index in [1.54, 1.807) is 17.0 Å². The lowest BCUT2D eigenvalue weighted by molar-refractivity contribution is -0.384. The maximum Gasteiger partial charge on any atom is 0.411 e. The summed E-state index contributed by atoms with van der Waals surface area (Å²) >= 11 is 1.53. The first-order valence-corrected chi connectivity index (χ1v) is 14.2. The summed E-state index contributed by atoms with van der Waals surface area (Å²) in [4.78, 5) is 54.8. The minimum Gasteiger partial charge on any atom is -0.459 e. The molecule has 3 heterocycles. The third-order valence-corrected chi connectivity index (χ3v) is 9.16. The Bertz CT molecular complexity index is 1450. The second-order valence-electron chi connectivity index (χ2n) is 10.2. The lowest BCUT2D eigenvalue weighted by atomic mass is 9.80. The van der Waals surface area contributed by atoms with Crippen LogP contribution < -0.4 is 0 Å². The largest absolute Gasteiger partial charge is 0.459 e. The predicted octanol–water partition coefficient (Wildman–Crippen LogP) is 4.73. The van der Waals surface area contributed by atoms with E-state index in [1.165, 1.54) is 28.8 Å². The van der Waals surface area contributed by atoms with Crippen molar-refractivity contribution in [2.45, 2.75) is 53.8 Å². The lowest BCUT2D eigenvalue weighted by Gasteiger charge is -2.57. The first kappa shape index (κ1) is 26.8. The number of cyclic esters (lactones) is 1. The monoisotopic (exact) mass is 573 g/mol. The highest BCUT2D eigenvalue weighted by molar-refractivity contribution is 8.00. The predicted molar refractivity (Wildman–Crippen MR) is 149 cm³/mol. The fraction of sp³-hybridized carbons (Fsp3) is 0.300. The van der Waals surface area contributed by atoms with E-state index in [-0.39, 0.29) is 42.1 Å². The Kier molecular flexibility index (Phi) is 7.36.